The Morgan fingerprint density at radius 2 is 2.24 bits per heavy atom. The average Bonchev–Trinajstić information content (AvgIpc) is 2.58. The molecule has 1 aromatic heterocycles. The van der Waals surface area contributed by atoms with E-state index < -0.39 is 0 Å². The highest BCUT2D eigenvalue weighted by Crippen LogP contribution is 2.31. The van der Waals surface area contributed by atoms with Crippen LogP contribution in [-0.2, 0) is 11.8 Å². The SMILES string of the molecule is CNC(c1c(C)nn(C)c1C)C1CCCOC1. The van der Waals surface area contributed by atoms with Crippen molar-refractivity contribution in [2.45, 2.75) is 32.7 Å². The van der Waals surface area contributed by atoms with Crippen LogP contribution < -0.4 is 5.32 Å². The van der Waals surface area contributed by atoms with E-state index in [0.717, 1.165) is 18.9 Å². The van der Waals surface area contributed by atoms with E-state index in [1.807, 2.05) is 18.8 Å². The Labute approximate surface area is 103 Å². The first kappa shape index (κ1) is 12.6. The second kappa shape index (κ2) is 5.19. The van der Waals surface area contributed by atoms with Crippen LogP contribution in [0.3, 0.4) is 0 Å². The molecule has 1 saturated heterocycles. The van der Waals surface area contributed by atoms with Crippen molar-refractivity contribution >= 4 is 0 Å². The molecule has 1 aliphatic heterocycles. The smallest absolute Gasteiger partial charge is 0.0644 e. The minimum atomic E-state index is 0.365. The third-order valence-corrected chi connectivity index (χ3v) is 3.85. The molecule has 0 aliphatic carbocycles. The van der Waals surface area contributed by atoms with Crippen LogP contribution in [0.25, 0.3) is 0 Å². The van der Waals surface area contributed by atoms with Gasteiger partial charge in [-0.2, -0.15) is 5.10 Å². The molecule has 1 fully saturated rings. The van der Waals surface area contributed by atoms with E-state index in [2.05, 4.69) is 24.3 Å². The summed E-state index contributed by atoms with van der Waals surface area (Å²) in [6.45, 7) is 6.01. The molecule has 1 aliphatic rings. The Morgan fingerprint density at radius 1 is 1.47 bits per heavy atom. The molecule has 0 aromatic carbocycles. The van der Waals surface area contributed by atoms with Crippen LogP contribution >= 0.6 is 0 Å². The van der Waals surface area contributed by atoms with Gasteiger partial charge in [-0.3, -0.25) is 4.68 Å². The van der Waals surface area contributed by atoms with E-state index >= 15 is 0 Å². The largest absolute Gasteiger partial charge is 0.381 e. The summed E-state index contributed by atoms with van der Waals surface area (Å²) in [5, 5.41) is 7.96. The Kier molecular flexibility index (Phi) is 3.84. The van der Waals surface area contributed by atoms with E-state index in [1.165, 1.54) is 24.1 Å². The van der Waals surface area contributed by atoms with Crippen LogP contribution in [0.1, 0.15) is 35.8 Å². The number of aryl methyl sites for hydroxylation is 2. The lowest BCUT2D eigenvalue weighted by Gasteiger charge is -2.30. The average molecular weight is 237 g/mol. The molecular formula is C13H23N3O. The van der Waals surface area contributed by atoms with Crippen molar-refractivity contribution < 1.29 is 4.74 Å². The van der Waals surface area contributed by atoms with Gasteiger partial charge in [-0.25, -0.2) is 0 Å². The maximum Gasteiger partial charge on any atom is 0.0644 e. The first-order chi connectivity index (χ1) is 8.15. The molecule has 1 N–H and O–H groups in total. The third-order valence-electron chi connectivity index (χ3n) is 3.85. The van der Waals surface area contributed by atoms with Crippen LogP contribution in [0.5, 0.6) is 0 Å². The van der Waals surface area contributed by atoms with Gasteiger partial charge in [0.2, 0.25) is 0 Å². The van der Waals surface area contributed by atoms with Crippen molar-refractivity contribution in [3.05, 3.63) is 17.0 Å². The molecule has 0 amide bonds. The van der Waals surface area contributed by atoms with Crippen molar-refractivity contribution in [3.63, 3.8) is 0 Å². The van der Waals surface area contributed by atoms with Gasteiger partial charge >= 0.3 is 0 Å². The lowest BCUT2D eigenvalue weighted by atomic mass is 9.88. The lowest BCUT2D eigenvalue weighted by Crippen LogP contribution is -2.32. The molecule has 0 saturated carbocycles. The predicted molar refractivity (Wildman–Crippen MR) is 68.0 cm³/mol. The summed E-state index contributed by atoms with van der Waals surface area (Å²) in [6.07, 6.45) is 2.40. The summed E-state index contributed by atoms with van der Waals surface area (Å²) < 4.78 is 7.58. The Bertz CT molecular complexity index is 380. The van der Waals surface area contributed by atoms with Gasteiger partial charge in [0.15, 0.2) is 0 Å². The summed E-state index contributed by atoms with van der Waals surface area (Å²) >= 11 is 0. The van der Waals surface area contributed by atoms with E-state index in [9.17, 15) is 0 Å². The van der Waals surface area contributed by atoms with Gasteiger partial charge in [-0.15, -0.1) is 0 Å². The third kappa shape index (κ3) is 2.38. The predicted octanol–water partition coefficient (Wildman–Crippen LogP) is 1.72. The molecular weight excluding hydrogens is 214 g/mol. The van der Waals surface area contributed by atoms with E-state index in [0.29, 0.717) is 12.0 Å². The standard InChI is InChI=1S/C13H23N3O/c1-9-12(10(2)16(4)15-9)13(14-3)11-6-5-7-17-8-11/h11,13-14H,5-8H2,1-4H3. The van der Waals surface area contributed by atoms with Crippen LogP contribution in [0.15, 0.2) is 0 Å². The molecule has 2 rings (SSSR count). The van der Waals surface area contributed by atoms with Gasteiger partial charge in [0, 0.05) is 36.9 Å². The molecule has 2 atom stereocenters. The molecule has 0 spiro atoms. The van der Waals surface area contributed by atoms with Crippen LogP contribution in [-0.4, -0.2) is 30.0 Å². The molecule has 96 valence electrons. The molecule has 17 heavy (non-hydrogen) atoms. The van der Waals surface area contributed by atoms with Crippen LogP contribution in [0.4, 0.5) is 0 Å². The molecule has 4 nitrogen and oxygen atoms in total. The van der Waals surface area contributed by atoms with Crippen molar-refractivity contribution in [3.8, 4) is 0 Å². The number of hydrogen-bond acceptors (Lipinski definition) is 3. The first-order valence-electron chi connectivity index (χ1n) is 6.40. The zero-order valence-corrected chi connectivity index (χ0v) is 11.3. The molecule has 2 unspecified atom stereocenters. The molecule has 0 bridgehead atoms. The van der Waals surface area contributed by atoms with E-state index in [1.54, 1.807) is 0 Å². The molecule has 4 heteroatoms. The Hall–Kier alpha value is -0.870. The first-order valence-corrected chi connectivity index (χ1v) is 6.40. The van der Waals surface area contributed by atoms with Gasteiger partial charge in [-0.05, 0) is 33.7 Å². The molecule has 2 heterocycles. The quantitative estimate of drug-likeness (QED) is 0.870. The monoisotopic (exact) mass is 237 g/mol. The van der Waals surface area contributed by atoms with Gasteiger partial charge in [0.05, 0.1) is 12.3 Å². The number of hydrogen-bond donors (Lipinski definition) is 1. The number of rotatable bonds is 3. The normalized spacial score (nSPS) is 22.7. The zero-order chi connectivity index (χ0) is 12.4. The number of nitrogens with one attached hydrogen (secondary N) is 1. The summed E-state index contributed by atoms with van der Waals surface area (Å²) in [4.78, 5) is 0. The second-order valence-electron chi connectivity index (χ2n) is 4.95. The highest BCUT2D eigenvalue weighted by molar-refractivity contribution is 5.28. The van der Waals surface area contributed by atoms with Crippen LogP contribution in [0.2, 0.25) is 0 Å². The number of aromatic nitrogens is 2. The fraction of sp³-hybridized carbons (Fsp3) is 0.769. The molecule has 1 aromatic rings. The van der Waals surface area contributed by atoms with Crippen molar-refractivity contribution in [2.24, 2.45) is 13.0 Å². The van der Waals surface area contributed by atoms with E-state index in [-0.39, 0.29) is 0 Å². The minimum absolute atomic E-state index is 0.365. The van der Waals surface area contributed by atoms with Gasteiger partial charge in [0.1, 0.15) is 0 Å². The highest BCUT2D eigenvalue weighted by Gasteiger charge is 2.28. The summed E-state index contributed by atoms with van der Waals surface area (Å²) in [5.41, 5.74) is 3.74. The van der Waals surface area contributed by atoms with Crippen molar-refractivity contribution in [1.82, 2.24) is 15.1 Å². The maximum absolute atomic E-state index is 5.61. The van der Waals surface area contributed by atoms with Crippen molar-refractivity contribution in [2.75, 3.05) is 20.3 Å². The maximum atomic E-state index is 5.61. The Morgan fingerprint density at radius 3 is 2.71 bits per heavy atom. The fourth-order valence-corrected chi connectivity index (χ4v) is 2.88. The molecule has 0 radical (unpaired) electrons. The van der Waals surface area contributed by atoms with Gasteiger partial charge in [0.25, 0.3) is 0 Å². The summed E-state index contributed by atoms with van der Waals surface area (Å²) in [7, 11) is 4.04. The van der Waals surface area contributed by atoms with Gasteiger partial charge in [-0.1, -0.05) is 0 Å². The van der Waals surface area contributed by atoms with Gasteiger partial charge < -0.3 is 10.1 Å². The minimum Gasteiger partial charge on any atom is -0.381 e. The second-order valence-corrected chi connectivity index (χ2v) is 4.95. The zero-order valence-electron chi connectivity index (χ0n) is 11.3. The topological polar surface area (TPSA) is 39.1 Å². The fourth-order valence-electron chi connectivity index (χ4n) is 2.88. The summed E-state index contributed by atoms with van der Waals surface area (Å²) in [5.74, 6) is 0.565. The Balaban J connectivity index is 2.27. The highest BCUT2D eigenvalue weighted by atomic mass is 16.5. The number of nitrogens with zero attached hydrogens (tertiary/aromatic N) is 2. The number of ether oxygens (including phenoxy) is 1. The lowest BCUT2D eigenvalue weighted by molar-refractivity contribution is 0.0400. The summed E-state index contributed by atoms with van der Waals surface area (Å²) in [6, 6.07) is 0.365. The van der Waals surface area contributed by atoms with Crippen LogP contribution in [0, 0.1) is 19.8 Å². The van der Waals surface area contributed by atoms with E-state index in [4.69, 9.17) is 4.74 Å². The van der Waals surface area contributed by atoms with Crippen molar-refractivity contribution in [1.29, 1.82) is 0 Å².